The Labute approximate surface area is 200 Å². The molecule has 7 heteroatoms. The Morgan fingerprint density at radius 3 is 2.79 bits per heavy atom. The van der Waals surface area contributed by atoms with Crippen molar-refractivity contribution in [3.63, 3.8) is 0 Å². The number of fused-ring (bicyclic) bond motifs is 1. The molecule has 0 bridgehead atoms. The minimum atomic E-state index is -0.155. The van der Waals surface area contributed by atoms with Crippen LogP contribution in [0.4, 0.5) is 0 Å². The molecule has 1 aromatic carbocycles. The molecule has 0 radical (unpaired) electrons. The van der Waals surface area contributed by atoms with E-state index >= 15 is 0 Å². The second kappa shape index (κ2) is 11.2. The molecular formula is C26H34N2O4S. The first-order valence-corrected chi connectivity index (χ1v) is 12.8. The number of rotatable bonds is 9. The number of thiophene rings is 1. The summed E-state index contributed by atoms with van der Waals surface area (Å²) in [6.45, 7) is 6.41. The summed E-state index contributed by atoms with van der Waals surface area (Å²) in [5.74, 6) is 1.04. The second-order valence-electron chi connectivity index (χ2n) is 9.28. The molecule has 6 nitrogen and oxygen atoms in total. The van der Waals surface area contributed by atoms with Gasteiger partial charge in [-0.2, -0.15) is 0 Å². The zero-order valence-corrected chi connectivity index (χ0v) is 20.4. The van der Waals surface area contributed by atoms with Gasteiger partial charge in [0.1, 0.15) is 12.4 Å². The number of hydrogen-bond donors (Lipinski definition) is 0. The number of hydrogen-bond acceptors (Lipinski definition) is 5. The lowest BCUT2D eigenvalue weighted by atomic mass is 10.00. The maximum atomic E-state index is 13.6. The van der Waals surface area contributed by atoms with Gasteiger partial charge in [-0.05, 0) is 54.3 Å². The fourth-order valence-corrected chi connectivity index (χ4v) is 5.52. The van der Waals surface area contributed by atoms with Crippen molar-refractivity contribution in [3.8, 4) is 5.75 Å². The Bertz CT molecular complexity index is 923. The normalized spacial score (nSPS) is 20.0. The van der Waals surface area contributed by atoms with Crippen LogP contribution in [-0.4, -0.2) is 60.6 Å². The topological polar surface area (TPSA) is 59.1 Å². The average Bonchev–Trinajstić information content (AvgIpc) is 3.49. The van der Waals surface area contributed by atoms with Crippen LogP contribution in [0.25, 0.3) is 0 Å². The van der Waals surface area contributed by atoms with Crippen molar-refractivity contribution >= 4 is 23.2 Å². The number of carbonyl (C=O) groups is 2. The van der Waals surface area contributed by atoms with E-state index in [4.69, 9.17) is 9.47 Å². The van der Waals surface area contributed by atoms with Crippen LogP contribution in [-0.2, 0) is 20.7 Å². The second-order valence-corrected chi connectivity index (χ2v) is 10.3. The molecule has 2 aliphatic rings. The standard InChI is InChI=1S/C26H34N2O4S/c1-19(2)15-25(29)27(16-21-9-6-13-31-21)17-26(30)28-12-10-24-22(11-14-33-24)23(28)18-32-20-7-4-3-5-8-20/h3-5,7-8,11,14,19,21,23H,6,9-10,12-13,15-18H2,1-2H3. The highest BCUT2D eigenvalue weighted by Gasteiger charge is 2.34. The van der Waals surface area contributed by atoms with Gasteiger partial charge in [0.2, 0.25) is 11.8 Å². The zero-order valence-electron chi connectivity index (χ0n) is 19.6. The lowest BCUT2D eigenvalue weighted by Gasteiger charge is -2.37. The highest BCUT2D eigenvalue weighted by molar-refractivity contribution is 7.10. The number of amides is 2. The van der Waals surface area contributed by atoms with E-state index in [1.165, 1.54) is 4.88 Å². The van der Waals surface area contributed by atoms with Crippen LogP contribution in [0.5, 0.6) is 5.75 Å². The van der Waals surface area contributed by atoms with Crippen LogP contribution < -0.4 is 4.74 Å². The Balaban J connectivity index is 1.48. The van der Waals surface area contributed by atoms with Gasteiger partial charge in [-0.15, -0.1) is 11.3 Å². The van der Waals surface area contributed by atoms with Gasteiger partial charge >= 0.3 is 0 Å². The minimum Gasteiger partial charge on any atom is -0.491 e. The number of nitrogens with zero attached hydrogens (tertiary/aromatic N) is 2. The molecule has 4 rings (SSSR count). The van der Waals surface area contributed by atoms with Crippen LogP contribution in [0.2, 0.25) is 0 Å². The zero-order chi connectivity index (χ0) is 23.2. The van der Waals surface area contributed by atoms with E-state index in [1.54, 1.807) is 16.2 Å². The monoisotopic (exact) mass is 470 g/mol. The Hall–Kier alpha value is -2.38. The first-order chi connectivity index (χ1) is 16.0. The SMILES string of the molecule is CC(C)CC(=O)N(CC(=O)N1CCc2sccc2C1COc1ccccc1)CC1CCCO1. The van der Waals surface area contributed by atoms with Crippen LogP contribution >= 0.6 is 11.3 Å². The van der Waals surface area contributed by atoms with E-state index in [0.29, 0.717) is 26.1 Å². The maximum absolute atomic E-state index is 13.6. The summed E-state index contributed by atoms with van der Waals surface area (Å²) in [6, 6.07) is 11.6. The Morgan fingerprint density at radius 1 is 1.24 bits per heavy atom. The summed E-state index contributed by atoms with van der Waals surface area (Å²) >= 11 is 1.74. The summed E-state index contributed by atoms with van der Waals surface area (Å²) in [5, 5.41) is 2.09. The third-order valence-electron chi connectivity index (χ3n) is 6.28. The van der Waals surface area contributed by atoms with Gasteiger partial charge in [0.25, 0.3) is 0 Å². The smallest absolute Gasteiger partial charge is 0.242 e. The molecule has 0 N–H and O–H groups in total. The van der Waals surface area contributed by atoms with Crippen LogP contribution in [0, 0.1) is 5.92 Å². The summed E-state index contributed by atoms with van der Waals surface area (Å²) < 4.78 is 11.8. The van der Waals surface area contributed by atoms with Crippen molar-refractivity contribution in [2.45, 2.75) is 51.7 Å². The van der Waals surface area contributed by atoms with E-state index in [0.717, 1.165) is 37.2 Å². The van der Waals surface area contributed by atoms with Gasteiger partial charge in [0.05, 0.1) is 18.7 Å². The number of ether oxygens (including phenoxy) is 2. The molecule has 2 aliphatic heterocycles. The summed E-state index contributed by atoms with van der Waals surface area (Å²) in [7, 11) is 0. The average molecular weight is 471 g/mol. The molecule has 2 unspecified atom stereocenters. The van der Waals surface area contributed by atoms with E-state index in [2.05, 4.69) is 11.4 Å². The van der Waals surface area contributed by atoms with Crippen LogP contribution in [0.15, 0.2) is 41.8 Å². The first kappa shape index (κ1) is 23.8. The lowest BCUT2D eigenvalue weighted by Crippen LogP contribution is -2.49. The lowest BCUT2D eigenvalue weighted by molar-refractivity contribution is -0.144. The van der Waals surface area contributed by atoms with Crippen molar-refractivity contribution in [2.75, 3.05) is 32.8 Å². The van der Waals surface area contributed by atoms with E-state index in [-0.39, 0.29) is 36.4 Å². The molecule has 178 valence electrons. The van der Waals surface area contributed by atoms with Gasteiger partial charge in [-0.1, -0.05) is 32.0 Å². The fourth-order valence-electron chi connectivity index (χ4n) is 4.59. The first-order valence-electron chi connectivity index (χ1n) is 11.9. The molecule has 1 fully saturated rings. The summed E-state index contributed by atoms with van der Waals surface area (Å²) in [6.07, 6.45) is 3.25. The highest BCUT2D eigenvalue weighted by Crippen LogP contribution is 2.34. The minimum absolute atomic E-state index is 0.0240. The molecule has 0 saturated carbocycles. The van der Waals surface area contributed by atoms with Crippen molar-refractivity contribution in [1.82, 2.24) is 9.80 Å². The molecule has 2 atom stereocenters. The van der Waals surface area contributed by atoms with Crippen molar-refractivity contribution in [3.05, 3.63) is 52.2 Å². The molecule has 1 saturated heterocycles. The molecule has 0 spiro atoms. The number of carbonyl (C=O) groups excluding carboxylic acids is 2. The Morgan fingerprint density at radius 2 is 2.06 bits per heavy atom. The van der Waals surface area contributed by atoms with Crippen molar-refractivity contribution < 1.29 is 19.1 Å². The van der Waals surface area contributed by atoms with Gasteiger partial charge in [-0.25, -0.2) is 0 Å². The molecule has 2 amide bonds. The fraction of sp³-hybridized carbons (Fsp3) is 0.538. The largest absolute Gasteiger partial charge is 0.491 e. The number of benzene rings is 1. The quantitative estimate of drug-likeness (QED) is 0.548. The molecule has 3 heterocycles. The number of para-hydroxylation sites is 1. The predicted octanol–water partition coefficient (Wildman–Crippen LogP) is 4.31. The van der Waals surface area contributed by atoms with E-state index in [9.17, 15) is 9.59 Å². The Kier molecular flexibility index (Phi) is 8.04. The van der Waals surface area contributed by atoms with Gasteiger partial charge in [0, 0.05) is 31.0 Å². The van der Waals surface area contributed by atoms with Crippen molar-refractivity contribution in [1.29, 1.82) is 0 Å². The maximum Gasteiger partial charge on any atom is 0.242 e. The molecular weight excluding hydrogens is 436 g/mol. The molecule has 1 aromatic heterocycles. The summed E-state index contributed by atoms with van der Waals surface area (Å²) in [4.78, 5) is 31.5. The van der Waals surface area contributed by atoms with Crippen LogP contribution in [0.3, 0.4) is 0 Å². The van der Waals surface area contributed by atoms with E-state index in [1.807, 2.05) is 49.1 Å². The molecule has 33 heavy (non-hydrogen) atoms. The van der Waals surface area contributed by atoms with E-state index < -0.39 is 0 Å². The third kappa shape index (κ3) is 6.15. The van der Waals surface area contributed by atoms with Crippen LogP contribution in [0.1, 0.15) is 49.6 Å². The van der Waals surface area contributed by atoms with Gasteiger partial charge in [-0.3, -0.25) is 9.59 Å². The van der Waals surface area contributed by atoms with Gasteiger partial charge in [0.15, 0.2) is 0 Å². The highest BCUT2D eigenvalue weighted by atomic mass is 32.1. The predicted molar refractivity (Wildman–Crippen MR) is 129 cm³/mol. The van der Waals surface area contributed by atoms with Crippen molar-refractivity contribution in [2.24, 2.45) is 5.92 Å². The van der Waals surface area contributed by atoms with Gasteiger partial charge < -0.3 is 19.3 Å². The summed E-state index contributed by atoms with van der Waals surface area (Å²) in [5.41, 5.74) is 1.16. The molecule has 0 aliphatic carbocycles. The third-order valence-corrected chi connectivity index (χ3v) is 7.27. The molecule has 2 aromatic rings.